The van der Waals surface area contributed by atoms with Gasteiger partial charge < -0.3 is 18.3 Å². The number of halogens is 2. The minimum absolute atomic E-state index is 0.142. The Morgan fingerprint density at radius 1 is 0.900 bits per heavy atom. The van der Waals surface area contributed by atoms with Crippen molar-refractivity contribution in [3.05, 3.63) is 123 Å². The lowest BCUT2D eigenvalue weighted by atomic mass is 10.2. The summed E-state index contributed by atoms with van der Waals surface area (Å²) in [6.45, 7) is 8.27. The van der Waals surface area contributed by atoms with E-state index in [-0.39, 0.29) is 12.4 Å². The van der Waals surface area contributed by atoms with E-state index in [0.29, 0.717) is 21.6 Å². The van der Waals surface area contributed by atoms with Gasteiger partial charge in [-0.15, -0.1) is 0 Å². The van der Waals surface area contributed by atoms with E-state index in [1.54, 1.807) is 30.5 Å². The highest BCUT2D eigenvalue weighted by Crippen LogP contribution is 2.28. The van der Waals surface area contributed by atoms with Crippen molar-refractivity contribution in [2.75, 3.05) is 0 Å². The standard InChI is InChI=1S/C31H28Cl2N4O3/c1-19-5-6-20(2)36(19)25-8-10-26(11-9-25)39-18-27-12-14-30(40-27)31(38)35-34-17-23-15-21(3)37(22(23)4)29-13-7-24(32)16-28(29)33/h5-17H,18H2,1-4H3,(H,35,38)/b34-17+. The van der Waals surface area contributed by atoms with Crippen molar-refractivity contribution in [3.63, 3.8) is 0 Å². The van der Waals surface area contributed by atoms with E-state index in [2.05, 4.69) is 41.1 Å². The lowest BCUT2D eigenvalue weighted by Gasteiger charge is -2.11. The van der Waals surface area contributed by atoms with E-state index in [0.717, 1.165) is 28.3 Å². The van der Waals surface area contributed by atoms with Gasteiger partial charge in [0.05, 0.1) is 16.9 Å². The molecule has 0 spiro atoms. The Morgan fingerprint density at radius 3 is 2.33 bits per heavy atom. The Labute approximate surface area is 242 Å². The molecule has 5 rings (SSSR count). The van der Waals surface area contributed by atoms with Gasteiger partial charge in [0.25, 0.3) is 0 Å². The summed E-state index contributed by atoms with van der Waals surface area (Å²) >= 11 is 12.5. The van der Waals surface area contributed by atoms with Gasteiger partial charge in [0.2, 0.25) is 0 Å². The maximum Gasteiger partial charge on any atom is 0.307 e. The zero-order chi connectivity index (χ0) is 28.4. The molecule has 0 bridgehead atoms. The van der Waals surface area contributed by atoms with Crippen molar-refractivity contribution >= 4 is 35.3 Å². The van der Waals surface area contributed by atoms with Crippen LogP contribution < -0.4 is 10.2 Å². The molecule has 0 fully saturated rings. The molecule has 9 heteroatoms. The fourth-order valence-corrected chi connectivity index (χ4v) is 5.16. The number of carbonyl (C=O) groups excluding carboxylic acids is 1. The molecule has 1 amide bonds. The molecule has 0 unspecified atom stereocenters. The summed E-state index contributed by atoms with van der Waals surface area (Å²) < 4.78 is 15.7. The first kappa shape index (κ1) is 27.4. The van der Waals surface area contributed by atoms with Gasteiger partial charge in [-0.05, 0) is 100 Å². The number of ether oxygens (including phenoxy) is 1. The van der Waals surface area contributed by atoms with Gasteiger partial charge in [-0.1, -0.05) is 23.2 Å². The van der Waals surface area contributed by atoms with Crippen LogP contribution in [-0.4, -0.2) is 21.3 Å². The summed E-state index contributed by atoms with van der Waals surface area (Å²) in [5.74, 6) is 0.913. The lowest BCUT2D eigenvalue weighted by Crippen LogP contribution is -2.16. The number of aromatic nitrogens is 2. The monoisotopic (exact) mass is 574 g/mol. The Kier molecular flexibility index (Phi) is 7.87. The van der Waals surface area contributed by atoms with Crippen LogP contribution in [0.5, 0.6) is 5.75 Å². The van der Waals surface area contributed by atoms with Crippen LogP contribution in [0.25, 0.3) is 11.4 Å². The summed E-state index contributed by atoms with van der Waals surface area (Å²) in [6.07, 6.45) is 1.59. The molecule has 0 aliphatic heterocycles. The minimum atomic E-state index is -0.459. The van der Waals surface area contributed by atoms with Crippen LogP contribution >= 0.6 is 23.2 Å². The predicted octanol–water partition coefficient (Wildman–Crippen LogP) is 7.74. The normalized spacial score (nSPS) is 11.3. The molecule has 3 heterocycles. The van der Waals surface area contributed by atoms with Gasteiger partial charge in [-0.3, -0.25) is 4.79 Å². The van der Waals surface area contributed by atoms with Crippen molar-refractivity contribution < 1.29 is 13.9 Å². The highest BCUT2D eigenvalue weighted by molar-refractivity contribution is 6.35. The molecule has 0 aliphatic rings. The van der Waals surface area contributed by atoms with Gasteiger partial charge in [0.1, 0.15) is 18.1 Å². The van der Waals surface area contributed by atoms with E-state index in [1.165, 1.54) is 11.4 Å². The number of aryl methyl sites for hydroxylation is 3. The molecule has 1 N–H and O–H groups in total. The van der Waals surface area contributed by atoms with Crippen molar-refractivity contribution in [3.8, 4) is 17.1 Å². The number of hydrazone groups is 1. The smallest absolute Gasteiger partial charge is 0.307 e. The van der Waals surface area contributed by atoms with Crippen molar-refractivity contribution in [1.29, 1.82) is 0 Å². The molecule has 0 saturated carbocycles. The Hall–Kier alpha value is -4.20. The summed E-state index contributed by atoms with van der Waals surface area (Å²) in [5.41, 5.74) is 9.47. The second kappa shape index (κ2) is 11.5. The summed E-state index contributed by atoms with van der Waals surface area (Å²) in [6, 6.07) is 22.7. The first-order chi connectivity index (χ1) is 19.2. The zero-order valence-corrected chi connectivity index (χ0v) is 24.0. The molecule has 0 atom stereocenters. The summed E-state index contributed by atoms with van der Waals surface area (Å²) in [5, 5.41) is 5.24. The third-order valence-corrected chi connectivity index (χ3v) is 7.16. The molecular weight excluding hydrogens is 547 g/mol. The van der Waals surface area contributed by atoms with Crippen LogP contribution in [0.4, 0.5) is 0 Å². The maximum absolute atomic E-state index is 12.6. The quantitative estimate of drug-likeness (QED) is 0.152. The largest absolute Gasteiger partial charge is 0.486 e. The average molecular weight is 575 g/mol. The predicted molar refractivity (Wildman–Crippen MR) is 159 cm³/mol. The fraction of sp³-hybridized carbons (Fsp3) is 0.161. The number of nitrogens with one attached hydrogen (secondary N) is 1. The second-order valence-electron chi connectivity index (χ2n) is 9.46. The van der Waals surface area contributed by atoms with Gasteiger partial charge in [0.15, 0.2) is 5.76 Å². The Balaban J connectivity index is 1.18. The third kappa shape index (κ3) is 5.71. The summed E-state index contributed by atoms with van der Waals surface area (Å²) in [7, 11) is 0. The van der Waals surface area contributed by atoms with Gasteiger partial charge >= 0.3 is 5.91 Å². The van der Waals surface area contributed by atoms with E-state index in [9.17, 15) is 4.79 Å². The van der Waals surface area contributed by atoms with Crippen molar-refractivity contribution in [2.45, 2.75) is 34.3 Å². The SMILES string of the molecule is Cc1ccc(C)n1-c1ccc(OCc2ccc(C(=O)N/N=C/c3cc(C)n(-c4ccc(Cl)cc4Cl)c3C)o2)cc1. The maximum atomic E-state index is 12.6. The summed E-state index contributed by atoms with van der Waals surface area (Å²) in [4.78, 5) is 12.6. The molecule has 204 valence electrons. The third-order valence-electron chi connectivity index (χ3n) is 6.62. The van der Waals surface area contributed by atoms with E-state index in [1.807, 2.05) is 54.8 Å². The van der Waals surface area contributed by atoms with Gasteiger partial charge in [-0.25, -0.2) is 5.43 Å². The van der Waals surface area contributed by atoms with Crippen LogP contribution in [0.3, 0.4) is 0 Å². The number of hydrogen-bond donors (Lipinski definition) is 1. The van der Waals surface area contributed by atoms with E-state index in [4.69, 9.17) is 32.4 Å². The molecule has 0 radical (unpaired) electrons. The first-order valence-electron chi connectivity index (χ1n) is 12.7. The van der Waals surface area contributed by atoms with Gasteiger partial charge in [0, 0.05) is 39.0 Å². The Bertz CT molecular complexity index is 1690. The van der Waals surface area contributed by atoms with Crippen molar-refractivity contribution in [1.82, 2.24) is 14.6 Å². The van der Waals surface area contributed by atoms with Crippen LogP contribution in [0.15, 0.2) is 82.3 Å². The number of benzene rings is 2. The molecule has 40 heavy (non-hydrogen) atoms. The van der Waals surface area contributed by atoms with Crippen LogP contribution in [0, 0.1) is 27.7 Å². The molecule has 5 aromatic rings. The number of amides is 1. The van der Waals surface area contributed by atoms with Crippen LogP contribution in [0.1, 0.15) is 44.7 Å². The minimum Gasteiger partial charge on any atom is -0.486 e. The molecule has 7 nitrogen and oxygen atoms in total. The second-order valence-corrected chi connectivity index (χ2v) is 10.3. The highest BCUT2D eigenvalue weighted by Gasteiger charge is 2.14. The number of rotatable bonds is 8. The van der Waals surface area contributed by atoms with E-state index >= 15 is 0 Å². The topological polar surface area (TPSA) is 73.7 Å². The van der Waals surface area contributed by atoms with E-state index < -0.39 is 5.91 Å². The van der Waals surface area contributed by atoms with Crippen LogP contribution in [0.2, 0.25) is 10.0 Å². The molecule has 3 aromatic heterocycles. The number of nitrogens with zero attached hydrogens (tertiary/aromatic N) is 3. The average Bonchev–Trinajstić information content (AvgIpc) is 3.61. The lowest BCUT2D eigenvalue weighted by molar-refractivity contribution is 0.0923. The molecule has 2 aromatic carbocycles. The molecule has 0 aliphatic carbocycles. The van der Waals surface area contributed by atoms with Crippen LogP contribution in [-0.2, 0) is 6.61 Å². The number of carbonyl (C=O) groups is 1. The van der Waals surface area contributed by atoms with Gasteiger partial charge in [-0.2, -0.15) is 5.10 Å². The first-order valence-corrected chi connectivity index (χ1v) is 13.4. The highest BCUT2D eigenvalue weighted by atomic mass is 35.5. The van der Waals surface area contributed by atoms with Crippen molar-refractivity contribution in [2.24, 2.45) is 5.10 Å². The fourth-order valence-electron chi connectivity index (χ4n) is 4.67. The zero-order valence-electron chi connectivity index (χ0n) is 22.5. The number of furan rings is 1. The number of hydrogen-bond acceptors (Lipinski definition) is 4. The molecular formula is C31H28Cl2N4O3. The molecule has 0 saturated heterocycles. The Morgan fingerprint density at radius 2 is 1.62 bits per heavy atom.